The van der Waals surface area contributed by atoms with Gasteiger partial charge in [0.15, 0.2) is 0 Å². The molecule has 0 aromatic heterocycles. The van der Waals surface area contributed by atoms with Crippen LogP contribution in [0.4, 0.5) is 0 Å². The molecule has 3 unspecified atom stereocenters. The van der Waals surface area contributed by atoms with Crippen molar-refractivity contribution in [2.45, 2.75) is 110 Å². The Balaban J connectivity index is 2.35. The maximum atomic E-state index is 12.2. The number of hydrogen-bond acceptors (Lipinski definition) is 4. The lowest BCUT2D eigenvalue weighted by Gasteiger charge is -2.34. The number of nitrogens with zero attached hydrogens (tertiary/aromatic N) is 1. The molecule has 6 heteroatoms. The first-order chi connectivity index (χ1) is 16.0. The van der Waals surface area contributed by atoms with E-state index in [-0.39, 0.29) is 30.0 Å². The molecule has 0 aromatic rings. The highest BCUT2D eigenvalue weighted by atomic mass is 16.6. The summed E-state index contributed by atoms with van der Waals surface area (Å²) >= 11 is 0. The van der Waals surface area contributed by atoms with Crippen molar-refractivity contribution < 1.29 is 14.3 Å². The molecule has 0 aromatic carbocycles. The average molecular weight is 464 g/mol. The molecule has 0 spiro atoms. The predicted molar refractivity (Wildman–Crippen MR) is 137 cm³/mol. The van der Waals surface area contributed by atoms with E-state index in [0.717, 1.165) is 26.0 Å². The number of carbonyl (C=O) groups excluding carboxylic acids is 2. The molecule has 1 fully saturated rings. The van der Waals surface area contributed by atoms with E-state index >= 15 is 0 Å². The number of nitrogens with one attached hydrogen (secondary N) is 2. The molecule has 1 heterocycles. The van der Waals surface area contributed by atoms with Crippen molar-refractivity contribution in [3.63, 3.8) is 0 Å². The van der Waals surface area contributed by atoms with E-state index in [4.69, 9.17) is 4.74 Å². The normalized spacial score (nSPS) is 17.5. The van der Waals surface area contributed by atoms with Crippen molar-refractivity contribution in [3.05, 3.63) is 24.3 Å². The van der Waals surface area contributed by atoms with Crippen LogP contribution in [-0.2, 0) is 14.3 Å². The van der Waals surface area contributed by atoms with Crippen LogP contribution in [0, 0.1) is 0 Å². The highest BCUT2D eigenvalue weighted by molar-refractivity contribution is 5.77. The Labute approximate surface area is 202 Å². The lowest BCUT2D eigenvalue weighted by molar-refractivity contribution is -0.121. The van der Waals surface area contributed by atoms with E-state index < -0.39 is 0 Å². The predicted octanol–water partition coefficient (Wildman–Crippen LogP) is 4.75. The number of carbonyl (C=O) groups is 2. The van der Waals surface area contributed by atoms with Crippen LogP contribution in [-0.4, -0.2) is 61.1 Å². The quantitative estimate of drug-likeness (QED) is 0.155. The van der Waals surface area contributed by atoms with Crippen molar-refractivity contribution in [2.24, 2.45) is 0 Å². The second-order valence-electron chi connectivity index (χ2n) is 9.30. The minimum atomic E-state index is 0.0582. The molecule has 0 saturated carbocycles. The molecule has 1 aliphatic rings. The second-order valence-corrected chi connectivity index (χ2v) is 9.30. The summed E-state index contributed by atoms with van der Waals surface area (Å²) in [5.74, 6) is 0.116. The lowest BCUT2D eigenvalue weighted by Crippen LogP contribution is -2.51. The second kappa shape index (κ2) is 18.7. The van der Waals surface area contributed by atoms with Crippen LogP contribution in [0.5, 0.6) is 0 Å². The number of allylic oxidation sites excluding steroid dienone is 2. The van der Waals surface area contributed by atoms with E-state index in [1.807, 2.05) is 12.2 Å². The molecule has 0 radical (unpaired) electrons. The molecule has 2 amide bonds. The summed E-state index contributed by atoms with van der Waals surface area (Å²) in [5, 5.41) is 6.12. The van der Waals surface area contributed by atoms with Crippen molar-refractivity contribution in [1.82, 2.24) is 15.5 Å². The number of unbranched alkanes of at least 4 members (excludes halogenated alkanes) is 6. The third-order valence-electron chi connectivity index (χ3n) is 6.03. The molecule has 0 bridgehead atoms. The molecular weight excluding hydrogens is 414 g/mol. The van der Waals surface area contributed by atoms with Crippen molar-refractivity contribution >= 4 is 11.8 Å². The molecule has 1 aliphatic heterocycles. The van der Waals surface area contributed by atoms with E-state index in [1.54, 1.807) is 0 Å². The zero-order valence-corrected chi connectivity index (χ0v) is 21.6. The Morgan fingerprint density at radius 1 is 0.848 bits per heavy atom. The van der Waals surface area contributed by atoms with Gasteiger partial charge in [-0.1, -0.05) is 63.8 Å². The molecule has 3 atom stereocenters. The molecule has 0 aliphatic carbocycles. The fourth-order valence-electron chi connectivity index (χ4n) is 3.75. The van der Waals surface area contributed by atoms with Gasteiger partial charge in [-0.2, -0.15) is 0 Å². The monoisotopic (exact) mass is 463 g/mol. The van der Waals surface area contributed by atoms with Crippen LogP contribution >= 0.6 is 0 Å². The van der Waals surface area contributed by atoms with Crippen LogP contribution in [0.25, 0.3) is 0 Å². The van der Waals surface area contributed by atoms with Crippen LogP contribution in [0.2, 0.25) is 0 Å². The third kappa shape index (κ3) is 15.7. The van der Waals surface area contributed by atoms with Crippen LogP contribution in [0.15, 0.2) is 24.3 Å². The summed E-state index contributed by atoms with van der Waals surface area (Å²) < 4.78 is 5.44. The first-order valence-corrected chi connectivity index (χ1v) is 13.2. The number of ether oxygens (including phenoxy) is 1. The summed E-state index contributed by atoms with van der Waals surface area (Å²) in [4.78, 5) is 26.7. The van der Waals surface area contributed by atoms with Gasteiger partial charge in [-0.25, -0.2) is 0 Å². The highest BCUT2D eigenvalue weighted by Gasteiger charge is 2.30. The SMILES string of the molecule is CCCCC/C=C/CC(=O)NCC(C)N(CC1CO1)C(C)CNC(=O)C/C=C/CCCCC. The van der Waals surface area contributed by atoms with Gasteiger partial charge in [0.1, 0.15) is 0 Å². The van der Waals surface area contributed by atoms with E-state index in [1.165, 1.54) is 38.5 Å². The van der Waals surface area contributed by atoms with Crippen molar-refractivity contribution in [3.8, 4) is 0 Å². The third-order valence-corrected chi connectivity index (χ3v) is 6.03. The van der Waals surface area contributed by atoms with Gasteiger partial charge >= 0.3 is 0 Å². The van der Waals surface area contributed by atoms with Gasteiger partial charge in [-0.3, -0.25) is 14.5 Å². The Morgan fingerprint density at radius 3 is 1.70 bits per heavy atom. The van der Waals surface area contributed by atoms with Crippen LogP contribution < -0.4 is 10.6 Å². The van der Waals surface area contributed by atoms with E-state index in [0.29, 0.717) is 25.9 Å². The van der Waals surface area contributed by atoms with Gasteiger partial charge in [-0.15, -0.1) is 0 Å². The maximum absolute atomic E-state index is 12.2. The van der Waals surface area contributed by atoms with Gasteiger partial charge in [0, 0.05) is 44.6 Å². The fraction of sp³-hybridized carbons (Fsp3) is 0.778. The summed E-state index contributed by atoms with van der Waals surface area (Å²) in [6, 6.07) is 0.328. The summed E-state index contributed by atoms with van der Waals surface area (Å²) in [6.45, 7) is 11.4. The molecule has 1 saturated heterocycles. The Bertz CT molecular complexity index is 543. The fourth-order valence-corrected chi connectivity index (χ4v) is 3.75. The molecule has 33 heavy (non-hydrogen) atoms. The van der Waals surface area contributed by atoms with Gasteiger partial charge in [0.25, 0.3) is 0 Å². The smallest absolute Gasteiger partial charge is 0.223 e. The molecule has 1 rings (SSSR count). The number of rotatable bonds is 20. The zero-order valence-electron chi connectivity index (χ0n) is 21.6. The van der Waals surface area contributed by atoms with Gasteiger partial charge in [-0.05, 0) is 39.5 Å². The first kappa shape index (κ1) is 29.4. The molecule has 2 N–H and O–H groups in total. The number of epoxide rings is 1. The average Bonchev–Trinajstić information content (AvgIpc) is 3.63. The summed E-state index contributed by atoms with van der Waals surface area (Å²) in [5.41, 5.74) is 0. The van der Waals surface area contributed by atoms with Gasteiger partial charge < -0.3 is 15.4 Å². The van der Waals surface area contributed by atoms with Crippen LogP contribution in [0.3, 0.4) is 0 Å². The van der Waals surface area contributed by atoms with Gasteiger partial charge in [0.2, 0.25) is 11.8 Å². The van der Waals surface area contributed by atoms with E-state index in [9.17, 15) is 9.59 Å². The molecular formula is C27H49N3O3. The summed E-state index contributed by atoms with van der Waals surface area (Å²) in [7, 11) is 0. The minimum Gasteiger partial charge on any atom is -0.372 e. The maximum Gasteiger partial charge on any atom is 0.223 e. The topological polar surface area (TPSA) is 74.0 Å². The van der Waals surface area contributed by atoms with Gasteiger partial charge in [0.05, 0.1) is 12.7 Å². The number of hydrogen-bond donors (Lipinski definition) is 2. The largest absolute Gasteiger partial charge is 0.372 e. The Kier molecular flexibility index (Phi) is 16.7. The zero-order chi connectivity index (χ0) is 24.3. The first-order valence-electron chi connectivity index (χ1n) is 13.2. The Hall–Kier alpha value is -1.66. The van der Waals surface area contributed by atoms with E-state index in [2.05, 4.69) is 55.4 Å². The number of amides is 2. The van der Waals surface area contributed by atoms with Crippen molar-refractivity contribution in [2.75, 3.05) is 26.2 Å². The summed E-state index contributed by atoms with van der Waals surface area (Å²) in [6.07, 6.45) is 18.7. The minimum absolute atomic E-state index is 0.0582. The lowest BCUT2D eigenvalue weighted by atomic mass is 10.1. The molecule has 6 nitrogen and oxygen atoms in total. The molecule has 190 valence electrons. The van der Waals surface area contributed by atoms with Crippen LogP contribution in [0.1, 0.15) is 91.9 Å². The highest BCUT2D eigenvalue weighted by Crippen LogP contribution is 2.15. The Morgan fingerprint density at radius 2 is 1.30 bits per heavy atom. The standard InChI is InChI=1S/C27H49N3O3/c1-5-7-9-11-13-15-17-26(31)28-19-23(3)30(21-25-22-33-25)24(4)20-29-27(32)18-16-14-12-10-8-6-2/h13-16,23-25H,5-12,17-22H2,1-4H3,(H,28,31)(H,29,32)/b15-13+,16-14+. The van der Waals surface area contributed by atoms with Crippen molar-refractivity contribution in [1.29, 1.82) is 0 Å².